The number of rotatable bonds is 6. The van der Waals surface area contributed by atoms with Crippen molar-refractivity contribution in [3.8, 4) is 5.75 Å². The quantitative estimate of drug-likeness (QED) is 0.634. The predicted octanol–water partition coefficient (Wildman–Crippen LogP) is 4.34. The van der Waals surface area contributed by atoms with Gasteiger partial charge in [-0.05, 0) is 38.3 Å². The molecular formula is C18H20O3. The summed E-state index contributed by atoms with van der Waals surface area (Å²) >= 11 is 0. The third kappa shape index (κ3) is 3.85. The Hall–Kier alpha value is -2.29. The fourth-order valence-electron chi connectivity index (χ4n) is 2.35. The van der Waals surface area contributed by atoms with Gasteiger partial charge in [-0.3, -0.25) is 4.79 Å². The third-order valence-corrected chi connectivity index (χ3v) is 3.43. The van der Waals surface area contributed by atoms with E-state index >= 15 is 0 Å². The average Bonchev–Trinajstić information content (AvgIpc) is 2.44. The van der Waals surface area contributed by atoms with Crippen LogP contribution in [0, 0.1) is 0 Å². The minimum absolute atomic E-state index is 0.0296. The van der Waals surface area contributed by atoms with Crippen LogP contribution in [0.25, 0.3) is 11.0 Å². The summed E-state index contributed by atoms with van der Waals surface area (Å²) in [5, 5.41) is 9.95. The molecule has 21 heavy (non-hydrogen) atoms. The summed E-state index contributed by atoms with van der Waals surface area (Å²) in [6, 6.07) is 6.35. The number of unbranched alkanes of at least 4 members (excludes halogenated alkanes) is 1. The molecular weight excluding hydrogens is 264 g/mol. The molecule has 0 radical (unpaired) electrons. The highest BCUT2D eigenvalue weighted by Crippen LogP contribution is 2.22. The van der Waals surface area contributed by atoms with Gasteiger partial charge in [-0.25, -0.2) is 0 Å². The SMILES string of the molecule is C=CC=C(C)CCCCc1cc(=O)c2c(O)cccc2o1. The Morgan fingerprint density at radius 3 is 2.95 bits per heavy atom. The zero-order chi connectivity index (χ0) is 15.2. The molecule has 0 aliphatic carbocycles. The summed E-state index contributed by atoms with van der Waals surface area (Å²) in [7, 11) is 0. The number of hydrogen-bond acceptors (Lipinski definition) is 3. The van der Waals surface area contributed by atoms with Gasteiger partial charge in [-0.15, -0.1) is 0 Å². The van der Waals surface area contributed by atoms with Gasteiger partial charge in [0.15, 0.2) is 5.43 Å². The molecule has 1 aromatic heterocycles. The van der Waals surface area contributed by atoms with Crippen LogP contribution in [-0.2, 0) is 6.42 Å². The highest BCUT2D eigenvalue weighted by Gasteiger charge is 2.08. The number of aromatic hydroxyl groups is 1. The van der Waals surface area contributed by atoms with Gasteiger partial charge in [0.25, 0.3) is 0 Å². The minimum atomic E-state index is -0.188. The second-order valence-corrected chi connectivity index (χ2v) is 5.18. The molecule has 1 N–H and O–H groups in total. The molecule has 2 rings (SSSR count). The van der Waals surface area contributed by atoms with Crippen LogP contribution >= 0.6 is 0 Å². The van der Waals surface area contributed by atoms with Crippen molar-refractivity contribution in [2.45, 2.75) is 32.6 Å². The molecule has 2 aromatic rings. The summed E-state index contributed by atoms with van der Waals surface area (Å²) in [6.45, 7) is 5.76. The maximum atomic E-state index is 12.0. The van der Waals surface area contributed by atoms with Gasteiger partial charge < -0.3 is 9.52 Å². The molecule has 1 aromatic carbocycles. The van der Waals surface area contributed by atoms with Gasteiger partial charge in [0, 0.05) is 12.5 Å². The molecule has 0 saturated heterocycles. The molecule has 0 unspecified atom stereocenters. The van der Waals surface area contributed by atoms with E-state index in [1.807, 2.05) is 6.08 Å². The Morgan fingerprint density at radius 2 is 2.19 bits per heavy atom. The molecule has 110 valence electrons. The standard InChI is InChI=1S/C18H20O3/c1-3-7-13(2)8-4-5-9-14-12-16(20)18-15(19)10-6-11-17(18)21-14/h3,6-7,10-12,19H,1,4-5,8-9H2,2H3. The third-order valence-electron chi connectivity index (χ3n) is 3.43. The van der Waals surface area contributed by atoms with Crippen LogP contribution in [0.1, 0.15) is 31.9 Å². The van der Waals surface area contributed by atoms with E-state index in [0.29, 0.717) is 11.3 Å². The monoisotopic (exact) mass is 284 g/mol. The number of hydrogen-bond donors (Lipinski definition) is 1. The number of phenols is 1. The van der Waals surface area contributed by atoms with Crippen LogP contribution in [0.3, 0.4) is 0 Å². The minimum Gasteiger partial charge on any atom is -0.507 e. The maximum absolute atomic E-state index is 12.0. The number of benzene rings is 1. The molecule has 3 heteroatoms. The molecule has 0 fully saturated rings. The van der Waals surface area contributed by atoms with Gasteiger partial charge in [0.05, 0.1) is 0 Å². The lowest BCUT2D eigenvalue weighted by atomic mass is 10.1. The molecule has 0 amide bonds. The van der Waals surface area contributed by atoms with Gasteiger partial charge >= 0.3 is 0 Å². The number of aryl methyl sites for hydroxylation is 1. The zero-order valence-electron chi connectivity index (χ0n) is 12.3. The number of fused-ring (bicyclic) bond motifs is 1. The molecule has 0 spiro atoms. The van der Waals surface area contributed by atoms with Crippen molar-refractivity contribution in [2.24, 2.45) is 0 Å². The van der Waals surface area contributed by atoms with Crippen molar-refractivity contribution in [3.05, 3.63) is 64.6 Å². The van der Waals surface area contributed by atoms with E-state index in [2.05, 4.69) is 13.5 Å². The number of phenolic OH excluding ortho intramolecular Hbond substituents is 1. The fraction of sp³-hybridized carbons (Fsp3) is 0.278. The van der Waals surface area contributed by atoms with E-state index in [1.165, 1.54) is 17.7 Å². The van der Waals surface area contributed by atoms with Crippen molar-refractivity contribution in [2.75, 3.05) is 0 Å². The van der Waals surface area contributed by atoms with Crippen LogP contribution in [0.4, 0.5) is 0 Å². The Labute approximate surface area is 124 Å². The lowest BCUT2D eigenvalue weighted by Gasteiger charge is -2.04. The fourth-order valence-corrected chi connectivity index (χ4v) is 2.35. The Kier molecular flexibility index (Phi) is 4.99. The average molecular weight is 284 g/mol. The van der Waals surface area contributed by atoms with Crippen molar-refractivity contribution in [1.29, 1.82) is 0 Å². The summed E-state index contributed by atoms with van der Waals surface area (Å²) in [6.07, 6.45) is 7.55. The topological polar surface area (TPSA) is 50.4 Å². The second-order valence-electron chi connectivity index (χ2n) is 5.18. The van der Waals surface area contributed by atoms with Crippen LogP contribution in [-0.4, -0.2) is 5.11 Å². The lowest BCUT2D eigenvalue weighted by Crippen LogP contribution is -2.02. The smallest absolute Gasteiger partial charge is 0.196 e. The summed E-state index contributed by atoms with van der Waals surface area (Å²) in [5.41, 5.74) is 1.56. The van der Waals surface area contributed by atoms with Crippen molar-refractivity contribution >= 4 is 11.0 Å². The summed E-state index contributed by atoms with van der Waals surface area (Å²) in [4.78, 5) is 12.0. The van der Waals surface area contributed by atoms with Crippen LogP contribution in [0.15, 0.2) is 57.8 Å². The number of allylic oxidation sites excluding steroid dienone is 3. The first-order valence-corrected chi connectivity index (χ1v) is 7.14. The van der Waals surface area contributed by atoms with E-state index in [0.717, 1.165) is 25.7 Å². The van der Waals surface area contributed by atoms with E-state index in [9.17, 15) is 9.90 Å². The van der Waals surface area contributed by atoms with E-state index in [1.54, 1.807) is 18.2 Å². The molecule has 0 saturated carbocycles. The summed E-state index contributed by atoms with van der Waals surface area (Å²) < 4.78 is 5.69. The summed E-state index contributed by atoms with van der Waals surface area (Å²) in [5.74, 6) is 0.640. The van der Waals surface area contributed by atoms with Crippen LogP contribution < -0.4 is 5.43 Å². The Balaban J connectivity index is 2.05. The Morgan fingerprint density at radius 1 is 1.38 bits per heavy atom. The van der Waals surface area contributed by atoms with Crippen molar-refractivity contribution in [3.63, 3.8) is 0 Å². The largest absolute Gasteiger partial charge is 0.507 e. The van der Waals surface area contributed by atoms with Gasteiger partial charge in [0.2, 0.25) is 0 Å². The maximum Gasteiger partial charge on any atom is 0.196 e. The van der Waals surface area contributed by atoms with Crippen molar-refractivity contribution in [1.82, 2.24) is 0 Å². The van der Waals surface area contributed by atoms with Crippen LogP contribution in [0.5, 0.6) is 5.75 Å². The van der Waals surface area contributed by atoms with Gasteiger partial charge in [-0.2, -0.15) is 0 Å². The lowest BCUT2D eigenvalue weighted by molar-refractivity contribution is 0.476. The highest BCUT2D eigenvalue weighted by atomic mass is 16.3. The molecule has 3 nitrogen and oxygen atoms in total. The van der Waals surface area contributed by atoms with Crippen LogP contribution in [0.2, 0.25) is 0 Å². The van der Waals surface area contributed by atoms with E-state index in [-0.39, 0.29) is 16.6 Å². The first-order valence-electron chi connectivity index (χ1n) is 7.14. The predicted molar refractivity (Wildman–Crippen MR) is 85.7 cm³/mol. The second kappa shape index (κ2) is 6.93. The van der Waals surface area contributed by atoms with Gasteiger partial charge in [-0.1, -0.05) is 30.4 Å². The molecule has 1 heterocycles. The Bertz CT molecular complexity index is 723. The first-order chi connectivity index (χ1) is 10.1. The first kappa shape index (κ1) is 15.1. The van der Waals surface area contributed by atoms with E-state index in [4.69, 9.17) is 4.42 Å². The molecule has 0 bridgehead atoms. The zero-order valence-corrected chi connectivity index (χ0v) is 12.3. The molecule has 0 aliphatic rings. The normalized spacial score (nSPS) is 11.8. The molecule has 0 aliphatic heterocycles. The highest BCUT2D eigenvalue weighted by molar-refractivity contribution is 5.82. The molecule has 0 atom stereocenters. The van der Waals surface area contributed by atoms with Crippen molar-refractivity contribution < 1.29 is 9.52 Å². The van der Waals surface area contributed by atoms with Gasteiger partial charge in [0.1, 0.15) is 22.5 Å². The van der Waals surface area contributed by atoms with E-state index < -0.39 is 0 Å².